The molecule has 1 aliphatic rings. The van der Waals surface area contributed by atoms with Gasteiger partial charge in [-0.05, 0) is 31.0 Å². The molecule has 3 aromatic rings. The Kier molecular flexibility index (Phi) is 5.09. The van der Waals surface area contributed by atoms with E-state index in [0.29, 0.717) is 6.04 Å². The molecule has 0 radical (unpaired) electrons. The van der Waals surface area contributed by atoms with E-state index in [2.05, 4.69) is 27.0 Å². The molecule has 4 rings (SSSR count). The van der Waals surface area contributed by atoms with Crippen LogP contribution in [0.1, 0.15) is 52.0 Å². The smallest absolute Gasteiger partial charge is 0.293 e. The standard InChI is InChI=1S/C17H18BrN3O.C2H6/c1-20-15-10-19-14-8-7-11(18)9-13(14)16(15)21(17(20)22)12-5-3-2-4-6-12;1-2/h7-10,12H,2-6H2,1H3;1-2H3. The van der Waals surface area contributed by atoms with E-state index in [1.165, 1.54) is 19.3 Å². The fourth-order valence-electron chi connectivity index (χ4n) is 3.68. The van der Waals surface area contributed by atoms with Crippen LogP contribution >= 0.6 is 15.9 Å². The number of hydrogen-bond donors (Lipinski definition) is 0. The van der Waals surface area contributed by atoms with Crippen LogP contribution in [0.4, 0.5) is 0 Å². The number of imidazole rings is 1. The van der Waals surface area contributed by atoms with Crippen LogP contribution in [0.25, 0.3) is 21.9 Å². The van der Waals surface area contributed by atoms with E-state index in [4.69, 9.17) is 0 Å². The lowest BCUT2D eigenvalue weighted by molar-refractivity contribution is 0.351. The molecule has 24 heavy (non-hydrogen) atoms. The van der Waals surface area contributed by atoms with E-state index in [9.17, 15) is 4.79 Å². The second-order valence-electron chi connectivity index (χ2n) is 6.16. The monoisotopic (exact) mass is 389 g/mol. The Labute approximate surface area is 150 Å². The first kappa shape index (κ1) is 17.2. The first-order chi connectivity index (χ1) is 11.7. The number of halogens is 1. The van der Waals surface area contributed by atoms with Crippen LogP contribution in [0, 0.1) is 0 Å². The summed E-state index contributed by atoms with van der Waals surface area (Å²) in [6.45, 7) is 4.00. The molecule has 0 saturated heterocycles. The lowest BCUT2D eigenvalue weighted by Crippen LogP contribution is -2.27. The minimum atomic E-state index is 0.0798. The number of nitrogens with zero attached hydrogens (tertiary/aromatic N) is 3. The summed E-state index contributed by atoms with van der Waals surface area (Å²) in [5.41, 5.74) is 2.97. The second kappa shape index (κ2) is 7.09. The van der Waals surface area contributed by atoms with Gasteiger partial charge in [0, 0.05) is 22.9 Å². The largest absolute Gasteiger partial charge is 0.329 e. The zero-order chi connectivity index (χ0) is 17.3. The molecule has 1 aromatic carbocycles. The molecular formula is C19H24BrN3O. The van der Waals surface area contributed by atoms with Crippen molar-refractivity contribution in [1.82, 2.24) is 14.1 Å². The lowest BCUT2D eigenvalue weighted by atomic mass is 9.95. The third-order valence-corrected chi connectivity index (χ3v) is 5.31. The Morgan fingerprint density at radius 2 is 1.88 bits per heavy atom. The summed E-state index contributed by atoms with van der Waals surface area (Å²) in [7, 11) is 1.84. The highest BCUT2D eigenvalue weighted by Crippen LogP contribution is 2.33. The molecule has 128 valence electrons. The average Bonchev–Trinajstić information content (AvgIpc) is 2.89. The van der Waals surface area contributed by atoms with E-state index >= 15 is 0 Å². The Morgan fingerprint density at radius 1 is 1.17 bits per heavy atom. The number of fused-ring (bicyclic) bond motifs is 3. The Morgan fingerprint density at radius 3 is 2.58 bits per heavy atom. The minimum Gasteiger partial charge on any atom is -0.293 e. The van der Waals surface area contributed by atoms with Crippen molar-refractivity contribution in [3.8, 4) is 0 Å². The first-order valence-corrected chi connectivity index (χ1v) is 9.61. The zero-order valence-electron chi connectivity index (χ0n) is 14.6. The van der Waals surface area contributed by atoms with Gasteiger partial charge in [0.05, 0.1) is 22.7 Å². The molecular weight excluding hydrogens is 366 g/mol. The Bertz CT molecular complexity index is 920. The van der Waals surface area contributed by atoms with E-state index in [0.717, 1.165) is 39.3 Å². The molecule has 2 heterocycles. The summed E-state index contributed by atoms with van der Waals surface area (Å²) in [6, 6.07) is 6.38. The second-order valence-corrected chi connectivity index (χ2v) is 7.07. The maximum absolute atomic E-state index is 12.8. The number of pyridine rings is 1. The molecule has 4 nitrogen and oxygen atoms in total. The third kappa shape index (κ3) is 2.79. The highest BCUT2D eigenvalue weighted by molar-refractivity contribution is 9.10. The van der Waals surface area contributed by atoms with Crippen molar-refractivity contribution in [2.45, 2.75) is 52.0 Å². The van der Waals surface area contributed by atoms with Crippen LogP contribution in [0.5, 0.6) is 0 Å². The number of aromatic nitrogens is 3. The summed E-state index contributed by atoms with van der Waals surface area (Å²) in [4.78, 5) is 17.3. The minimum absolute atomic E-state index is 0.0798. The van der Waals surface area contributed by atoms with Gasteiger partial charge in [-0.2, -0.15) is 0 Å². The van der Waals surface area contributed by atoms with Gasteiger partial charge in [-0.25, -0.2) is 4.79 Å². The van der Waals surface area contributed by atoms with Crippen molar-refractivity contribution >= 4 is 37.9 Å². The molecule has 0 amide bonds. The highest BCUT2D eigenvalue weighted by atomic mass is 79.9. The SMILES string of the molecule is CC.Cn1c(=O)n(C2CCCCC2)c2c3cc(Br)ccc3ncc21. The number of rotatable bonds is 1. The fraction of sp³-hybridized carbons (Fsp3) is 0.474. The molecule has 5 heteroatoms. The van der Waals surface area contributed by atoms with Crippen molar-refractivity contribution < 1.29 is 0 Å². The summed E-state index contributed by atoms with van der Waals surface area (Å²) in [5.74, 6) is 0. The molecule has 0 spiro atoms. The normalized spacial score (nSPS) is 15.5. The quantitative estimate of drug-likeness (QED) is 0.574. The summed E-state index contributed by atoms with van der Waals surface area (Å²) in [5, 5.41) is 1.05. The summed E-state index contributed by atoms with van der Waals surface area (Å²) >= 11 is 3.54. The summed E-state index contributed by atoms with van der Waals surface area (Å²) < 4.78 is 4.77. The highest BCUT2D eigenvalue weighted by Gasteiger charge is 2.23. The third-order valence-electron chi connectivity index (χ3n) is 4.82. The van der Waals surface area contributed by atoms with Crippen LogP contribution < -0.4 is 5.69 Å². The van der Waals surface area contributed by atoms with Crippen LogP contribution in [0.15, 0.2) is 33.7 Å². The van der Waals surface area contributed by atoms with Gasteiger partial charge in [0.15, 0.2) is 0 Å². The molecule has 0 N–H and O–H groups in total. The molecule has 1 aliphatic carbocycles. The number of hydrogen-bond acceptors (Lipinski definition) is 2. The van der Waals surface area contributed by atoms with Gasteiger partial charge in [-0.1, -0.05) is 49.0 Å². The zero-order valence-corrected chi connectivity index (χ0v) is 16.1. The Hall–Kier alpha value is -1.62. The van der Waals surface area contributed by atoms with E-state index in [1.807, 2.05) is 43.8 Å². The lowest BCUT2D eigenvalue weighted by Gasteiger charge is -2.23. The topological polar surface area (TPSA) is 39.8 Å². The van der Waals surface area contributed by atoms with Crippen molar-refractivity contribution in [1.29, 1.82) is 0 Å². The molecule has 1 fully saturated rings. The van der Waals surface area contributed by atoms with Gasteiger partial charge in [-0.3, -0.25) is 14.1 Å². The van der Waals surface area contributed by atoms with Gasteiger partial charge in [-0.15, -0.1) is 0 Å². The Balaban J connectivity index is 0.000000815. The predicted octanol–water partition coefficient (Wildman–Crippen LogP) is 5.18. The first-order valence-electron chi connectivity index (χ1n) is 8.82. The van der Waals surface area contributed by atoms with Crippen molar-refractivity contribution in [3.63, 3.8) is 0 Å². The van der Waals surface area contributed by atoms with Crippen LogP contribution in [-0.2, 0) is 7.05 Å². The van der Waals surface area contributed by atoms with Crippen LogP contribution in [0.3, 0.4) is 0 Å². The van der Waals surface area contributed by atoms with Gasteiger partial charge in [0.1, 0.15) is 0 Å². The number of aryl methyl sites for hydroxylation is 1. The van der Waals surface area contributed by atoms with Gasteiger partial charge >= 0.3 is 5.69 Å². The van der Waals surface area contributed by atoms with E-state index in [1.54, 1.807) is 4.57 Å². The van der Waals surface area contributed by atoms with Crippen molar-refractivity contribution in [3.05, 3.63) is 39.4 Å². The molecule has 0 aliphatic heterocycles. The van der Waals surface area contributed by atoms with Crippen molar-refractivity contribution in [2.24, 2.45) is 7.05 Å². The van der Waals surface area contributed by atoms with Gasteiger partial charge < -0.3 is 0 Å². The maximum Gasteiger partial charge on any atom is 0.329 e. The summed E-state index contributed by atoms with van der Waals surface area (Å²) in [6.07, 6.45) is 7.71. The molecule has 0 unspecified atom stereocenters. The van der Waals surface area contributed by atoms with E-state index < -0.39 is 0 Å². The van der Waals surface area contributed by atoms with Crippen molar-refractivity contribution in [2.75, 3.05) is 0 Å². The molecule has 1 saturated carbocycles. The average molecular weight is 390 g/mol. The molecule has 2 aromatic heterocycles. The van der Waals surface area contributed by atoms with E-state index in [-0.39, 0.29) is 5.69 Å². The van der Waals surface area contributed by atoms with Gasteiger partial charge in [0.25, 0.3) is 0 Å². The molecule has 0 atom stereocenters. The van der Waals surface area contributed by atoms with Gasteiger partial charge in [0.2, 0.25) is 0 Å². The number of benzene rings is 1. The maximum atomic E-state index is 12.8. The predicted molar refractivity (Wildman–Crippen MR) is 104 cm³/mol. The van der Waals surface area contributed by atoms with Crippen LogP contribution in [-0.4, -0.2) is 14.1 Å². The fourth-order valence-corrected chi connectivity index (χ4v) is 4.04. The molecule has 0 bridgehead atoms. The van der Waals surface area contributed by atoms with Crippen LogP contribution in [0.2, 0.25) is 0 Å².